The maximum atomic E-state index is 3.63. The van der Waals surface area contributed by atoms with Crippen molar-refractivity contribution in [1.82, 2.24) is 0 Å². The molecule has 0 spiro atoms. The third kappa shape index (κ3) is 4.13. The predicted molar refractivity (Wildman–Crippen MR) is 42.4 cm³/mol. The van der Waals surface area contributed by atoms with Crippen molar-refractivity contribution in [3.63, 3.8) is 0 Å². The van der Waals surface area contributed by atoms with Crippen LogP contribution in [0.25, 0.3) is 0 Å². The molecule has 0 fully saturated rings. The highest BCUT2D eigenvalue weighted by molar-refractivity contribution is 9.09. The molecule has 0 saturated heterocycles. The van der Waals surface area contributed by atoms with Crippen LogP contribution in [0.5, 0.6) is 0 Å². The van der Waals surface area contributed by atoms with Crippen LogP contribution in [-0.4, -0.2) is 5.33 Å². The standard InChI is InChI=1S/C7H11Br/c1-3-7(2)5-4-6-8/h3,5H,1,4,6H2,2H3. The molecule has 0 nitrogen and oxygen atoms in total. The molecule has 0 aliphatic rings. The van der Waals surface area contributed by atoms with Crippen molar-refractivity contribution in [2.24, 2.45) is 0 Å². The van der Waals surface area contributed by atoms with Gasteiger partial charge in [-0.15, -0.1) is 0 Å². The highest BCUT2D eigenvalue weighted by atomic mass is 79.9. The van der Waals surface area contributed by atoms with Gasteiger partial charge in [0, 0.05) is 5.33 Å². The molecule has 0 atom stereocenters. The molecule has 0 heterocycles. The average molecular weight is 175 g/mol. The molecule has 46 valence electrons. The van der Waals surface area contributed by atoms with Crippen molar-refractivity contribution in [2.75, 3.05) is 5.33 Å². The zero-order valence-electron chi connectivity index (χ0n) is 5.15. The van der Waals surface area contributed by atoms with Gasteiger partial charge < -0.3 is 0 Å². The summed E-state index contributed by atoms with van der Waals surface area (Å²) in [5.41, 5.74) is 1.25. The Labute approximate surface area is 59.4 Å². The molecule has 0 aromatic heterocycles. The number of hydrogen-bond donors (Lipinski definition) is 0. The van der Waals surface area contributed by atoms with Crippen LogP contribution in [-0.2, 0) is 0 Å². The van der Waals surface area contributed by atoms with Gasteiger partial charge in [0.05, 0.1) is 0 Å². The van der Waals surface area contributed by atoms with E-state index in [4.69, 9.17) is 0 Å². The second kappa shape index (κ2) is 5.10. The topological polar surface area (TPSA) is 0 Å². The zero-order valence-corrected chi connectivity index (χ0v) is 6.74. The van der Waals surface area contributed by atoms with E-state index in [0.29, 0.717) is 0 Å². The molecule has 0 amide bonds. The van der Waals surface area contributed by atoms with Gasteiger partial charge in [-0.1, -0.05) is 40.2 Å². The van der Waals surface area contributed by atoms with Crippen LogP contribution < -0.4 is 0 Å². The highest BCUT2D eigenvalue weighted by Crippen LogP contribution is 1.96. The van der Waals surface area contributed by atoms with Gasteiger partial charge >= 0.3 is 0 Å². The quantitative estimate of drug-likeness (QED) is 0.457. The molecule has 8 heavy (non-hydrogen) atoms. The minimum atomic E-state index is 1.04. The van der Waals surface area contributed by atoms with E-state index in [1.54, 1.807) is 0 Å². The molecule has 1 heteroatoms. The third-order valence-corrected chi connectivity index (χ3v) is 1.36. The van der Waals surface area contributed by atoms with E-state index in [9.17, 15) is 0 Å². The molecule has 0 aromatic carbocycles. The summed E-state index contributed by atoms with van der Waals surface area (Å²) in [6, 6.07) is 0. The van der Waals surface area contributed by atoms with Crippen LogP contribution in [0.2, 0.25) is 0 Å². The average Bonchev–Trinajstić information content (AvgIpc) is 1.83. The smallest absolute Gasteiger partial charge is 0.00661 e. The Balaban J connectivity index is 3.40. The van der Waals surface area contributed by atoms with Crippen molar-refractivity contribution in [3.05, 3.63) is 24.3 Å². The first kappa shape index (κ1) is 7.96. The first-order chi connectivity index (χ1) is 3.81. The Morgan fingerprint density at radius 2 is 2.38 bits per heavy atom. The fraction of sp³-hybridized carbons (Fsp3) is 0.429. The fourth-order valence-electron chi connectivity index (χ4n) is 0.366. The van der Waals surface area contributed by atoms with Crippen molar-refractivity contribution in [2.45, 2.75) is 13.3 Å². The number of rotatable bonds is 3. The molecule has 0 N–H and O–H groups in total. The van der Waals surface area contributed by atoms with Gasteiger partial charge in [-0.05, 0) is 13.3 Å². The van der Waals surface area contributed by atoms with Crippen molar-refractivity contribution < 1.29 is 0 Å². The second-order valence-electron chi connectivity index (χ2n) is 1.63. The van der Waals surface area contributed by atoms with E-state index in [1.807, 2.05) is 6.08 Å². The zero-order chi connectivity index (χ0) is 6.41. The van der Waals surface area contributed by atoms with Crippen molar-refractivity contribution in [1.29, 1.82) is 0 Å². The Kier molecular flexibility index (Phi) is 5.08. The lowest BCUT2D eigenvalue weighted by molar-refractivity contribution is 1.23. The molecule has 0 radical (unpaired) electrons. The maximum Gasteiger partial charge on any atom is 0.00661 e. The second-order valence-corrected chi connectivity index (χ2v) is 2.42. The van der Waals surface area contributed by atoms with Gasteiger partial charge in [0.1, 0.15) is 0 Å². The van der Waals surface area contributed by atoms with E-state index >= 15 is 0 Å². The first-order valence-electron chi connectivity index (χ1n) is 2.66. The lowest BCUT2D eigenvalue weighted by Gasteiger charge is -1.86. The molecule has 0 aromatic rings. The minimum absolute atomic E-state index is 1.04. The molecule has 0 saturated carbocycles. The lowest BCUT2D eigenvalue weighted by Crippen LogP contribution is -1.69. The van der Waals surface area contributed by atoms with Gasteiger partial charge in [-0.2, -0.15) is 0 Å². The third-order valence-electron chi connectivity index (χ3n) is 0.897. The van der Waals surface area contributed by atoms with Crippen LogP contribution in [0, 0.1) is 0 Å². The number of halogens is 1. The van der Waals surface area contributed by atoms with E-state index in [-0.39, 0.29) is 0 Å². The van der Waals surface area contributed by atoms with Crippen LogP contribution in [0.3, 0.4) is 0 Å². The molecule has 0 unspecified atom stereocenters. The summed E-state index contributed by atoms with van der Waals surface area (Å²) < 4.78 is 0. The lowest BCUT2D eigenvalue weighted by atomic mass is 10.2. The van der Waals surface area contributed by atoms with E-state index in [1.165, 1.54) is 5.57 Å². The van der Waals surface area contributed by atoms with Crippen LogP contribution >= 0.6 is 15.9 Å². The minimum Gasteiger partial charge on any atom is -0.0988 e. The Morgan fingerprint density at radius 3 is 2.75 bits per heavy atom. The highest BCUT2D eigenvalue weighted by Gasteiger charge is 1.77. The van der Waals surface area contributed by atoms with E-state index < -0.39 is 0 Å². The van der Waals surface area contributed by atoms with Crippen molar-refractivity contribution in [3.8, 4) is 0 Å². The first-order valence-corrected chi connectivity index (χ1v) is 3.78. The Morgan fingerprint density at radius 1 is 1.75 bits per heavy atom. The number of alkyl halides is 1. The monoisotopic (exact) mass is 174 g/mol. The summed E-state index contributed by atoms with van der Waals surface area (Å²) >= 11 is 3.33. The van der Waals surface area contributed by atoms with Crippen LogP contribution in [0.4, 0.5) is 0 Å². The van der Waals surface area contributed by atoms with Gasteiger partial charge in [-0.3, -0.25) is 0 Å². The van der Waals surface area contributed by atoms with E-state index in [2.05, 4.69) is 35.5 Å². The fourth-order valence-corrected chi connectivity index (χ4v) is 0.594. The maximum absolute atomic E-state index is 3.63. The van der Waals surface area contributed by atoms with Gasteiger partial charge in [0.15, 0.2) is 0 Å². The largest absolute Gasteiger partial charge is 0.0988 e. The Bertz CT molecular complexity index is 92.6. The summed E-state index contributed by atoms with van der Waals surface area (Å²) in [4.78, 5) is 0. The summed E-state index contributed by atoms with van der Waals surface area (Å²) in [5.74, 6) is 0. The predicted octanol–water partition coefficient (Wildman–Crippen LogP) is 2.90. The summed E-state index contributed by atoms with van der Waals surface area (Å²) in [7, 11) is 0. The van der Waals surface area contributed by atoms with Gasteiger partial charge in [0.25, 0.3) is 0 Å². The molecular weight excluding hydrogens is 164 g/mol. The molecule has 0 bridgehead atoms. The molecule has 0 rings (SSSR count). The molecule has 0 aliphatic heterocycles. The molecular formula is C7H11Br. The molecule has 0 aliphatic carbocycles. The summed E-state index contributed by atoms with van der Waals surface area (Å²) in [5, 5.41) is 1.04. The number of allylic oxidation sites excluding steroid dienone is 3. The van der Waals surface area contributed by atoms with Crippen LogP contribution in [0.1, 0.15) is 13.3 Å². The van der Waals surface area contributed by atoms with Crippen LogP contribution in [0.15, 0.2) is 24.3 Å². The number of hydrogen-bond acceptors (Lipinski definition) is 0. The van der Waals surface area contributed by atoms with Crippen molar-refractivity contribution >= 4 is 15.9 Å². The normalized spacial score (nSPS) is 11.5. The Hall–Kier alpha value is -0.0400. The SMILES string of the molecule is C=CC(C)=CCCBr. The summed E-state index contributed by atoms with van der Waals surface area (Å²) in [6.07, 6.45) is 5.11. The van der Waals surface area contributed by atoms with Gasteiger partial charge in [0.2, 0.25) is 0 Å². The van der Waals surface area contributed by atoms with Gasteiger partial charge in [-0.25, -0.2) is 0 Å². The summed E-state index contributed by atoms with van der Waals surface area (Å²) in [6.45, 7) is 5.68. The van der Waals surface area contributed by atoms with E-state index in [0.717, 1.165) is 11.8 Å².